The predicted octanol–water partition coefficient (Wildman–Crippen LogP) is 2.30. The van der Waals surface area contributed by atoms with E-state index in [4.69, 9.17) is 14.3 Å². The number of carbonyl (C=O) groups is 1. The number of nitrogens with zero attached hydrogens (tertiary/aromatic N) is 1. The van der Waals surface area contributed by atoms with Crippen molar-refractivity contribution in [2.75, 3.05) is 13.7 Å². The zero-order valence-corrected chi connectivity index (χ0v) is 23.8. The Kier molecular flexibility index (Phi) is 7.02. The van der Waals surface area contributed by atoms with Crippen LogP contribution < -0.4 is 0 Å². The Labute approximate surface area is 231 Å². The van der Waals surface area contributed by atoms with Crippen LogP contribution in [0, 0.1) is 34.5 Å². The summed E-state index contributed by atoms with van der Waals surface area (Å²) in [4.78, 5) is 17.6. The van der Waals surface area contributed by atoms with Crippen molar-refractivity contribution in [1.29, 1.82) is 0 Å². The molecule has 0 aromatic heterocycles. The van der Waals surface area contributed by atoms with Gasteiger partial charge >= 0.3 is 5.97 Å². The van der Waals surface area contributed by atoms with E-state index in [-0.39, 0.29) is 34.7 Å². The second-order valence-corrected chi connectivity index (χ2v) is 14.0. The molecule has 0 amide bonds. The molecule has 6 aliphatic rings. The highest BCUT2D eigenvalue weighted by Gasteiger charge is 2.68. The Morgan fingerprint density at radius 3 is 2.44 bits per heavy atom. The minimum absolute atomic E-state index is 0.0264. The van der Waals surface area contributed by atoms with Gasteiger partial charge in [0, 0.05) is 17.5 Å². The van der Waals surface area contributed by atoms with Crippen LogP contribution in [-0.2, 0) is 19.1 Å². The molecule has 13 atom stereocenters. The van der Waals surface area contributed by atoms with Crippen molar-refractivity contribution in [2.45, 2.75) is 121 Å². The van der Waals surface area contributed by atoms with E-state index in [9.17, 15) is 25.2 Å². The summed E-state index contributed by atoms with van der Waals surface area (Å²) in [5.41, 5.74) is 0.201. The SMILES string of the molecule is CON(C1O[C@H](C)[C@@H](O)[C@H](O)[C@H]1O)[C@@H]1CC[C@@]2(C)C(CCC3C2CC[C@]2(C)[C@@H](C4=CC(=O)OC4)CC[C@]32O)C1. The van der Waals surface area contributed by atoms with Gasteiger partial charge in [0.25, 0.3) is 0 Å². The molecule has 1 saturated heterocycles. The highest BCUT2D eigenvalue weighted by atomic mass is 16.7. The lowest BCUT2D eigenvalue weighted by Gasteiger charge is -2.64. The summed E-state index contributed by atoms with van der Waals surface area (Å²) in [6.45, 7) is 6.76. The molecule has 4 unspecified atom stereocenters. The number of ether oxygens (including phenoxy) is 2. The minimum atomic E-state index is -1.29. The van der Waals surface area contributed by atoms with Gasteiger partial charge in [0.2, 0.25) is 0 Å². The molecular formula is C30H47NO8. The number of cyclic esters (lactones) is 1. The fraction of sp³-hybridized carbons (Fsp3) is 0.900. The number of fused-ring (bicyclic) bond motifs is 5. The van der Waals surface area contributed by atoms with E-state index in [0.29, 0.717) is 18.4 Å². The molecule has 2 heterocycles. The third-order valence-electron chi connectivity index (χ3n) is 12.6. The fourth-order valence-corrected chi connectivity index (χ4v) is 10.3. The van der Waals surface area contributed by atoms with Gasteiger partial charge in [0.05, 0.1) is 18.8 Å². The van der Waals surface area contributed by atoms with Crippen LogP contribution in [0.15, 0.2) is 11.6 Å². The number of esters is 1. The first-order valence-corrected chi connectivity index (χ1v) is 15.1. The molecule has 0 spiro atoms. The normalized spacial score (nSPS) is 53.6. The van der Waals surface area contributed by atoms with Crippen molar-refractivity contribution < 1.29 is 39.5 Å². The first-order chi connectivity index (χ1) is 18.4. The van der Waals surface area contributed by atoms with Gasteiger partial charge in [-0.15, -0.1) is 0 Å². The first-order valence-electron chi connectivity index (χ1n) is 15.1. The number of hydrogen-bond acceptors (Lipinski definition) is 9. The number of hydroxylamine groups is 2. The molecule has 0 bridgehead atoms. The van der Waals surface area contributed by atoms with E-state index in [1.165, 1.54) is 0 Å². The maximum atomic E-state index is 12.4. The van der Waals surface area contributed by atoms with Crippen molar-refractivity contribution in [3.05, 3.63) is 11.6 Å². The quantitative estimate of drug-likeness (QED) is 0.308. The van der Waals surface area contributed by atoms with Crippen molar-refractivity contribution in [3.8, 4) is 0 Å². The van der Waals surface area contributed by atoms with E-state index in [2.05, 4.69) is 13.8 Å². The maximum Gasteiger partial charge on any atom is 0.331 e. The van der Waals surface area contributed by atoms with Crippen LogP contribution in [0.1, 0.15) is 78.6 Å². The lowest BCUT2D eigenvalue weighted by atomic mass is 9.43. The van der Waals surface area contributed by atoms with E-state index >= 15 is 0 Å². The zero-order chi connectivity index (χ0) is 27.9. The molecular weight excluding hydrogens is 502 g/mol. The number of hydrogen-bond donors (Lipinski definition) is 4. The molecule has 9 nitrogen and oxygen atoms in total. The van der Waals surface area contributed by atoms with Crippen molar-refractivity contribution >= 4 is 5.97 Å². The average Bonchev–Trinajstić information content (AvgIpc) is 3.45. The monoisotopic (exact) mass is 549 g/mol. The van der Waals surface area contributed by atoms with Crippen LogP contribution in [0.2, 0.25) is 0 Å². The molecule has 5 fully saturated rings. The highest BCUT2D eigenvalue weighted by molar-refractivity contribution is 5.85. The topological polar surface area (TPSA) is 129 Å². The lowest BCUT2D eigenvalue weighted by Crippen LogP contribution is -2.65. The predicted molar refractivity (Wildman–Crippen MR) is 141 cm³/mol. The first kappa shape index (κ1) is 28.1. The summed E-state index contributed by atoms with van der Waals surface area (Å²) < 4.78 is 11.2. The van der Waals surface area contributed by atoms with Gasteiger partial charge in [-0.2, -0.15) is 5.06 Å². The standard InChI is InChI=1S/C30H47NO8/c1-16-24(33)25(34)26(35)27(39-16)31(37-4)19-7-10-28(2)18(14-19)5-6-22-21(28)8-11-29(3)20(9-12-30(22,29)36)17-13-23(32)38-15-17/h13,16,18-22,24-27,33-36H,5-12,14-15H2,1-4H3/t16-,18?,19-,20-,21?,22?,24-,25+,26-,27?,28+,29-,30+/m1/s1. The van der Waals surface area contributed by atoms with Crippen LogP contribution in [0.25, 0.3) is 0 Å². The van der Waals surface area contributed by atoms with E-state index in [1.807, 2.05) is 0 Å². The summed E-state index contributed by atoms with van der Waals surface area (Å²) in [7, 11) is 1.58. The molecule has 2 aliphatic heterocycles. The number of rotatable bonds is 4. The minimum Gasteiger partial charge on any atom is -0.458 e. The highest BCUT2D eigenvalue weighted by Crippen LogP contribution is 2.70. The average molecular weight is 550 g/mol. The summed E-state index contributed by atoms with van der Waals surface area (Å²) in [6.07, 6.45) is 5.02. The van der Waals surface area contributed by atoms with Crippen LogP contribution in [0.3, 0.4) is 0 Å². The van der Waals surface area contributed by atoms with Gasteiger partial charge in [-0.1, -0.05) is 13.8 Å². The van der Waals surface area contributed by atoms with Crippen molar-refractivity contribution in [1.82, 2.24) is 5.06 Å². The second kappa shape index (κ2) is 9.75. The Morgan fingerprint density at radius 1 is 0.974 bits per heavy atom. The summed E-state index contributed by atoms with van der Waals surface area (Å²) in [5.74, 6) is 1.09. The number of carbonyl (C=O) groups excluding carboxylic acids is 1. The Balaban J connectivity index is 1.19. The number of aliphatic hydroxyl groups is 4. The Morgan fingerprint density at radius 2 is 1.74 bits per heavy atom. The van der Waals surface area contributed by atoms with Gasteiger partial charge in [-0.25, -0.2) is 4.79 Å². The Bertz CT molecular complexity index is 1010. The van der Waals surface area contributed by atoms with E-state index in [1.54, 1.807) is 25.2 Å². The van der Waals surface area contributed by atoms with Gasteiger partial charge in [0.1, 0.15) is 24.9 Å². The molecule has 0 radical (unpaired) electrons. The maximum absolute atomic E-state index is 12.4. The molecule has 0 aromatic carbocycles. The third kappa shape index (κ3) is 4.02. The largest absolute Gasteiger partial charge is 0.458 e. The fourth-order valence-electron chi connectivity index (χ4n) is 10.3. The van der Waals surface area contributed by atoms with E-state index < -0.39 is 36.2 Å². The van der Waals surface area contributed by atoms with Crippen LogP contribution in [0.5, 0.6) is 0 Å². The molecule has 4 aliphatic carbocycles. The second-order valence-electron chi connectivity index (χ2n) is 14.0. The van der Waals surface area contributed by atoms with E-state index in [0.717, 1.165) is 63.4 Å². The molecule has 39 heavy (non-hydrogen) atoms. The van der Waals surface area contributed by atoms with Crippen molar-refractivity contribution in [2.24, 2.45) is 34.5 Å². The van der Waals surface area contributed by atoms with Crippen molar-refractivity contribution in [3.63, 3.8) is 0 Å². The number of aliphatic hydroxyl groups excluding tert-OH is 3. The lowest BCUT2D eigenvalue weighted by molar-refractivity contribution is -0.340. The van der Waals surface area contributed by atoms with Crippen LogP contribution in [-0.4, -0.2) is 87.5 Å². The molecule has 6 rings (SSSR count). The molecule has 4 saturated carbocycles. The molecule has 0 aromatic rings. The van der Waals surface area contributed by atoms with Gasteiger partial charge in [-0.3, -0.25) is 4.84 Å². The molecule has 9 heteroatoms. The van der Waals surface area contributed by atoms with Gasteiger partial charge in [0.15, 0.2) is 6.23 Å². The smallest absolute Gasteiger partial charge is 0.331 e. The zero-order valence-electron chi connectivity index (χ0n) is 23.8. The Hall–Kier alpha value is -1.07. The van der Waals surface area contributed by atoms with Crippen LogP contribution >= 0.6 is 0 Å². The van der Waals surface area contributed by atoms with Gasteiger partial charge in [-0.05, 0) is 99.4 Å². The summed E-state index contributed by atoms with van der Waals surface area (Å²) >= 11 is 0. The van der Waals surface area contributed by atoms with Gasteiger partial charge < -0.3 is 29.9 Å². The molecule has 4 N–H and O–H groups in total. The molecule has 220 valence electrons. The summed E-state index contributed by atoms with van der Waals surface area (Å²) in [6, 6.07) is 0.0264. The third-order valence-corrected chi connectivity index (χ3v) is 12.6. The van der Waals surface area contributed by atoms with Crippen LogP contribution in [0.4, 0.5) is 0 Å². The summed E-state index contributed by atoms with van der Waals surface area (Å²) in [5, 5.41) is 45.4.